The van der Waals surface area contributed by atoms with E-state index in [1.165, 1.54) is 18.4 Å². The van der Waals surface area contributed by atoms with Gasteiger partial charge in [-0.15, -0.1) is 24.8 Å². The maximum Gasteiger partial charge on any atom is 0.220 e. The fourth-order valence-corrected chi connectivity index (χ4v) is 2.91. The average molecular weight is 362 g/mol. The molecule has 6 heteroatoms. The third kappa shape index (κ3) is 7.53. The zero-order valence-corrected chi connectivity index (χ0v) is 15.4. The summed E-state index contributed by atoms with van der Waals surface area (Å²) in [5.74, 6) is 0.158. The first-order chi connectivity index (χ1) is 10.3. The van der Waals surface area contributed by atoms with Gasteiger partial charge in [0.1, 0.15) is 0 Å². The number of hydrogen-bond donors (Lipinski definition) is 2. The number of nitrogens with zero attached hydrogens (tertiary/aromatic N) is 1. The number of amides is 1. The second-order valence-corrected chi connectivity index (χ2v) is 5.68. The van der Waals surface area contributed by atoms with Crippen LogP contribution in [0.1, 0.15) is 37.3 Å². The Balaban J connectivity index is 0.00000242. The standard InChI is InChI=1S/C17H27N3O.2ClH/c1-18-11-7-10-17(21)19-14-16(20-12-5-6-13-20)15-8-3-2-4-9-15;;/h2-4,8-9,16,18H,5-7,10-14H2,1H3,(H,19,21);2*1H. The molecule has 0 saturated carbocycles. The van der Waals surface area contributed by atoms with Crippen LogP contribution in [-0.2, 0) is 4.79 Å². The summed E-state index contributed by atoms with van der Waals surface area (Å²) in [4.78, 5) is 14.4. The monoisotopic (exact) mass is 361 g/mol. The molecule has 1 aromatic rings. The Hall–Kier alpha value is -0.810. The molecule has 1 aliphatic heterocycles. The zero-order valence-electron chi connectivity index (χ0n) is 13.8. The number of carbonyl (C=O) groups is 1. The van der Waals surface area contributed by atoms with E-state index >= 15 is 0 Å². The number of carbonyl (C=O) groups excluding carboxylic acids is 1. The molecule has 132 valence electrons. The van der Waals surface area contributed by atoms with Crippen molar-refractivity contribution in [1.29, 1.82) is 0 Å². The Morgan fingerprint density at radius 3 is 2.43 bits per heavy atom. The molecule has 1 saturated heterocycles. The molecule has 1 fully saturated rings. The van der Waals surface area contributed by atoms with Crippen molar-refractivity contribution in [1.82, 2.24) is 15.5 Å². The van der Waals surface area contributed by atoms with E-state index in [0.717, 1.165) is 26.1 Å². The summed E-state index contributed by atoms with van der Waals surface area (Å²) < 4.78 is 0. The highest BCUT2D eigenvalue weighted by Crippen LogP contribution is 2.24. The first-order valence-electron chi connectivity index (χ1n) is 8.01. The smallest absolute Gasteiger partial charge is 0.220 e. The molecule has 2 rings (SSSR count). The molecule has 23 heavy (non-hydrogen) atoms. The van der Waals surface area contributed by atoms with Gasteiger partial charge in [0.05, 0.1) is 6.04 Å². The van der Waals surface area contributed by atoms with Crippen molar-refractivity contribution in [2.75, 3.05) is 33.2 Å². The van der Waals surface area contributed by atoms with Crippen LogP contribution in [0.15, 0.2) is 30.3 Å². The molecular weight excluding hydrogens is 333 g/mol. The molecule has 1 amide bonds. The van der Waals surface area contributed by atoms with Crippen LogP contribution >= 0.6 is 24.8 Å². The van der Waals surface area contributed by atoms with E-state index < -0.39 is 0 Å². The van der Waals surface area contributed by atoms with Crippen molar-refractivity contribution < 1.29 is 4.79 Å². The summed E-state index contributed by atoms with van der Waals surface area (Å²) in [6, 6.07) is 10.8. The Morgan fingerprint density at radius 2 is 1.83 bits per heavy atom. The summed E-state index contributed by atoms with van der Waals surface area (Å²) in [7, 11) is 1.91. The molecule has 1 atom stereocenters. The maximum absolute atomic E-state index is 11.9. The topological polar surface area (TPSA) is 44.4 Å². The number of rotatable bonds is 8. The Bertz CT molecular complexity index is 425. The normalized spacial score (nSPS) is 15.3. The summed E-state index contributed by atoms with van der Waals surface area (Å²) in [6.45, 7) is 3.87. The quantitative estimate of drug-likeness (QED) is 0.699. The molecular formula is C17H29Cl2N3O. The number of halogens is 2. The molecule has 0 aromatic heterocycles. The van der Waals surface area contributed by atoms with Gasteiger partial charge >= 0.3 is 0 Å². The van der Waals surface area contributed by atoms with E-state index in [1.807, 2.05) is 13.1 Å². The van der Waals surface area contributed by atoms with Crippen molar-refractivity contribution in [3.63, 3.8) is 0 Å². The molecule has 1 aromatic carbocycles. The molecule has 2 N–H and O–H groups in total. The van der Waals surface area contributed by atoms with Crippen LogP contribution in [0.2, 0.25) is 0 Å². The lowest BCUT2D eigenvalue weighted by atomic mass is 10.1. The van der Waals surface area contributed by atoms with Crippen LogP contribution in [0.3, 0.4) is 0 Å². The van der Waals surface area contributed by atoms with Gasteiger partial charge in [-0.2, -0.15) is 0 Å². The van der Waals surface area contributed by atoms with Crippen LogP contribution in [0.4, 0.5) is 0 Å². The Morgan fingerprint density at radius 1 is 1.17 bits per heavy atom. The minimum Gasteiger partial charge on any atom is -0.354 e. The Labute approximate surface area is 152 Å². The minimum atomic E-state index is 0. The molecule has 0 radical (unpaired) electrons. The highest BCUT2D eigenvalue weighted by molar-refractivity contribution is 5.85. The zero-order chi connectivity index (χ0) is 14.9. The van der Waals surface area contributed by atoms with Crippen LogP contribution < -0.4 is 10.6 Å². The second-order valence-electron chi connectivity index (χ2n) is 5.68. The third-order valence-electron chi connectivity index (χ3n) is 4.09. The fraction of sp³-hybridized carbons (Fsp3) is 0.588. The number of nitrogens with one attached hydrogen (secondary N) is 2. The summed E-state index contributed by atoms with van der Waals surface area (Å²) in [5.41, 5.74) is 1.30. The second kappa shape index (κ2) is 12.6. The molecule has 0 bridgehead atoms. The van der Waals surface area contributed by atoms with Crippen molar-refractivity contribution in [3.8, 4) is 0 Å². The lowest BCUT2D eigenvalue weighted by molar-refractivity contribution is -0.121. The Kier molecular flexibility index (Phi) is 12.1. The highest BCUT2D eigenvalue weighted by atomic mass is 35.5. The number of hydrogen-bond acceptors (Lipinski definition) is 3. The predicted molar refractivity (Wildman–Crippen MR) is 101 cm³/mol. The molecule has 0 aliphatic carbocycles. The van der Waals surface area contributed by atoms with Gasteiger partial charge in [0.15, 0.2) is 0 Å². The van der Waals surface area contributed by atoms with E-state index in [9.17, 15) is 4.79 Å². The van der Waals surface area contributed by atoms with Gasteiger partial charge < -0.3 is 10.6 Å². The average Bonchev–Trinajstić information content (AvgIpc) is 3.03. The SMILES string of the molecule is CNCCCC(=O)NCC(c1ccccc1)N1CCCC1.Cl.Cl. The van der Waals surface area contributed by atoms with Crippen molar-refractivity contribution in [2.45, 2.75) is 31.7 Å². The van der Waals surface area contributed by atoms with E-state index in [-0.39, 0.29) is 30.7 Å². The van der Waals surface area contributed by atoms with Crippen LogP contribution in [0.25, 0.3) is 0 Å². The predicted octanol–water partition coefficient (Wildman–Crippen LogP) is 2.78. The fourth-order valence-electron chi connectivity index (χ4n) is 2.91. The lowest BCUT2D eigenvalue weighted by Crippen LogP contribution is -2.36. The lowest BCUT2D eigenvalue weighted by Gasteiger charge is -2.28. The summed E-state index contributed by atoms with van der Waals surface area (Å²) >= 11 is 0. The van der Waals surface area contributed by atoms with Crippen molar-refractivity contribution in [2.24, 2.45) is 0 Å². The number of likely N-dealkylation sites (tertiary alicyclic amines) is 1. The third-order valence-corrected chi connectivity index (χ3v) is 4.09. The van der Waals surface area contributed by atoms with Gasteiger partial charge in [0, 0.05) is 13.0 Å². The van der Waals surface area contributed by atoms with E-state index in [0.29, 0.717) is 19.0 Å². The van der Waals surface area contributed by atoms with Crippen molar-refractivity contribution in [3.05, 3.63) is 35.9 Å². The van der Waals surface area contributed by atoms with Crippen LogP contribution in [0, 0.1) is 0 Å². The summed E-state index contributed by atoms with van der Waals surface area (Å²) in [6.07, 6.45) is 4.02. The van der Waals surface area contributed by atoms with Crippen LogP contribution in [-0.4, -0.2) is 44.0 Å². The van der Waals surface area contributed by atoms with Gasteiger partial charge in [-0.3, -0.25) is 9.69 Å². The maximum atomic E-state index is 11.9. The van der Waals surface area contributed by atoms with Gasteiger partial charge in [0.2, 0.25) is 5.91 Å². The van der Waals surface area contributed by atoms with Gasteiger partial charge in [-0.1, -0.05) is 30.3 Å². The summed E-state index contributed by atoms with van der Waals surface area (Å²) in [5, 5.41) is 6.18. The first-order valence-corrected chi connectivity index (χ1v) is 8.01. The van der Waals surface area contributed by atoms with E-state index in [4.69, 9.17) is 0 Å². The van der Waals surface area contributed by atoms with Gasteiger partial charge in [-0.25, -0.2) is 0 Å². The molecule has 1 unspecified atom stereocenters. The molecule has 4 nitrogen and oxygen atoms in total. The van der Waals surface area contributed by atoms with Crippen molar-refractivity contribution >= 4 is 30.7 Å². The number of benzene rings is 1. The van der Waals surface area contributed by atoms with E-state index in [2.05, 4.69) is 39.8 Å². The van der Waals surface area contributed by atoms with E-state index in [1.54, 1.807) is 0 Å². The highest BCUT2D eigenvalue weighted by Gasteiger charge is 2.23. The molecule has 1 heterocycles. The first kappa shape index (κ1) is 22.2. The van der Waals surface area contributed by atoms with Crippen LogP contribution in [0.5, 0.6) is 0 Å². The van der Waals surface area contributed by atoms with Gasteiger partial charge in [0.25, 0.3) is 0 Å². The largest absolute Gasteiger partial charge is 0.354 e. The van der Waals surface area contributed by atoms with Gasteiger partial charge in [-0.05, 0) is 51.5 Å². The molecule has 0 spiro atoms. The molecule has 1 aliphatic rings. The minimum absolute atomic E-state index is 0.